The van der Waals surface area contributed by atoms with Crippen LogP contribution in [0.5, 0.6) is 0 Å². The summed E-state index contributed by atoms with van der Waals surface area (Å²) < 4.78 is 0. The molecule has 0 aromatic heterocycles. The Balaban J connectivity index is 0.00000144. The summed E-state index contributed by atoms with van der Waals surface area (Å²) in [6, 6.07) is 11.1. The van der Waals surface area contributed by atoms with E-state index in [1.807, 2.05) is 0 Å². The molecule has 1 aromatic rings. The largest absolute Gasteiger partial charge is 0.371 e. The van der Waals surface area contributed by atoms with E-state index in [9.17, 15) is 4.79 Å². The number of hydrogen-bond donors (Lipinski definition) is 1. The normalized spacial score (nSPS) is 21.4. The summed E-state index contributed by atoms with van der Waals surface area (Å²) in [4.78, 5) is 17.0. The fraction of sp³-hybridized carbons (Fsp3) is 0.611. The topological polar surface area (TPSA) is 35.6 Å². The smallest absolute Gasteiger partial charge is 0.239 e. The molecule has 0 radical (unpaired) electrons. The van der Waals surface area contributed by atoms with Crippen molar-refractivity contribution < 1.29 is 4.79 Å². The highest BCUT2D eigenvalue weighted by Gasteiger charge is 2.30. The van der Waals surface area contributed by atoms with Gasteiger partial charge >= 0.3 is 0 Å². The first-order valence-corrected chi connectivity index (χ1v) is 8.56. The van der Waals surface area contributed by atoms with Gasteiger partial charge in [-0.15, -0.1) is 24.8 Å². The van der Waals surface area contributed by atoms with E-state index in [0.717, 1.165) is 38.9 Å². The molecule has 0 aliphatic carbocycles. The molecular formula is C18H29Cl2N3O. The van der Waals surface area contributed by atoms with E-state index in [2.05, 4.69) is 52.5 Å². The van der Waals surface area contributed by atoms with Crippen LogP contribution in [0.15, 0.2) is 30.3 Å². The van der Waals surface area contributed by atoms with E-state index in [0.29, 0.717) is 11.9 Å². The average molecular weight is 374 g/mol. The summed E-state index contributed by atoms with van der Waals surface area (Å²) in [6.45, 7) is 2.77. The third kappa shape index (κ3) is 5.01. The molecule has 1 unspecified atom stereocenters. The summed E-state index contributed by atoms with van der Waals surface area (Å²) in [6.07, 6.45) is 5.50. The Labute approximate surface area is 157 Å². The van der Waals surface area contributed by atoms with Crippen LogP contribution in [0, 0.1) is 0 Å². The SMILES string of the molecule is CN(c1ccccc1)C1CCN(C(=O)C2CCCCN2)CC1.Cl.Cl. The second-order valence-electron chi connectivity index (χ2n) is 6.51. The van der Waals surface area contributed by atoms with Crippen LogP contribution >= 0.6 is 24.8 Å². The standard InChI is InChI=1S/C18H27N3O.2ClH/c1-20(15-7-3-2-4-8-15)16-10-13-21(14-11-16)18(22)17-9-5-6-12-19-17;;/h2-4,7-8,16-17,19H,5-6,9-14H2,1H3;2*1H. The van der Waals surface area contributed by atoms with Crippen LogP contribution in [0.25, 0.3) is 0 Å². The Bertz CT molecular complexity index is 486. The summed E-state index contributed by atoms with van der Waals surface area (Å²) in [7, 11) is 2.17. The number of anilines is 1. The van der Waals surface area contributed by atoms with Crippen molar-refractivity contribution in [2.24, 2.45) is 0 Å². The minimum Gasteiger partial charge on any atom is -0.371 e. The van der Waals surface area contributed by atoms with E-state index < -0.39 is 0 Å². The highest BCUT2D eigenvalue weighted by atomic mass is 35.5. The van der Waals surface area contributed by atoms with Crippen LogP contribution in [0.1, 0.15) is 32.1 Å². The number of carbonyl (C=O) groups excluding carboxylic acids is 1. The molecular weight excluding hydrogens is 345 g/mol. The lowest BCUT2D eigenvalue weighted by atomic mass is 9.99. The molecule has 0 saturated carbocycles. The zero-order chi connectivity index (χ0) is 15.4. The number of hydrogen-bond acceptors (Lipinski definition) is 3. The summed E-state index contributed by atoms with van der Waals surface area (Å²) in [5, 5.41) is 3.37. The van der Waals surface area contributed by atoms with Gasteiger partial charge in [0.25, 0.3) is 0 Å². The van der Waals surface area contributed by atoms with Gasteiger partial charge in [-0.1, -0.05) is 24.6 Å². The predicted molar refractivity (Wildman–Crippen MR) is 105 cm³/mol. The van der Waals surface area contributed by atoms with Gasteiger partial charge in [0.2, 0.25) is 5.91 Å². The summed E-state index contributed by atoms with van der Waals surface area (Å²) >= 11 is 0. The molecule has 0 spiro atoms. The number of rotatable bonds is 3. The van der Waals surface area contributed by atoms with Crippen molar-refractivity contribution in [1.82, 2.24) is 10.2 Å². The van der Waals surface area contributed by atoms with Crippen LogP contribution in [0.2, 0.25) is 0 Å². The third-order valence-electron chi connectivity index (χ3n) is 5.10. The lowest BCUT2D eigenvalue weighted by Crippen LogP contribution is -2.52. The van der Waals surface area contributed by atoms with Crippen LogP contribution < -0.4 is 10.2 Å². The fourth-order valence-electron chi connectivity index (χ4n) is 3.63. The number of piperidine rings is 2. The molecule has 2 aliphatic heterocycles. The molecule has 2 saturated heterocycles. The highest BCUT2D eigenvalue weighted by Crippen LogP contribution is 2.22. The number of amides is 1. The number of para-hydroxylation sites is 1. The zero-order valence-electron chi connectivity index (χ0n) is 14.3. The molecule has 3 rings (SSSR count). The average Bonchev–Trinajstić information content (AvgIpc) is 2.62. The molecule has 24 heavy (non-hydrogen) atoms. The van der Waals surface area contributed by atoms with E-state index >= 15 is 0 Å². The van der Waals surface area contributed by atoms with Gasteiger partial charge in [-0.05, 0) is 44.4 Å². The maximum absolute atomic E-state index is 12.5. The van der Waals surface area contributed by atoms with Gasteiger partial charge in [-0.3, -0.25) is 4.79 Å². The van der Waals surface area contributed by atoms with Gasteiger partial charge in [0, 0.05) is 31.9 Å². The Morgan fingerprint density at radius 2 is 1.75 bits per heavy atom. The molecule has 0 bridgehead atoms. The maximum atomic E-state index is 12.5. The summed E-state index contributed by atoms with van der Waals surface area (Å²) in [5.74, 6) is 0.320. The van der Waals surface area contributed by atoms with Crippen molar-refractivity contribution in [2.75, 3.05) is 31.6 Å². The van der Waals surface area contributed by atoms with Crippen molar-refractivity contribution in [1.29, 1.82) is 0 Å². The lowest BCUT2D eigenvalue weighted by Gasteiger charge is -2.39. The van der Waals surface area contributed by atoms with Crippen LogP contribution in [0.3, 0.4) is 0 Å². The first-order valence-electron chi connectivity index (χ1n) is 8.56. The summed E-state index contributed by atoms with van der Waals surface area (Å²) in [5.41, 5.74) is 1.27. The maximum Gasteiger partial charge on any atom is 0.239 e. The fourth-order valence-corrected chi connectivity index (χ4v) is 3.63. The van der Waals surface area contributed by atoms with Crippen molar-refractivity contribution in [3.8, 4) is 0 Å². The molecule has 6 heteroatoms. The Morgan fingerprint density at radius 1 is 1.08 bits per heavy atom. The van der Waals surface area contributed by atoms with Gasteiger partial charge in [0.15, 0.2) is 0 Å². The molecule has 1 aromatic carbocycles. The zero-order valence-corrected chi connectivity index (χ0v) is 16.0. The number of likely N-dealkylation sites (tertiary alicyclic amines) is 1. The van der Waals surface area contributed by atoms with Crippen molar-refractivity contribution in [2.45, 2.75) is 44.2 Å². The Morgan fingerprint density at radius 3 is 2.33 bits per heavy atom. The first-order chi connectivity index (χ1) is 10.8. The predicted octanol–water partition coefficient (Wildman–Crippen LogP) is 3.10. The van der Waals surface area contributed by atoms with E-state index in [1.54, 1.807) is 0 Å². The van der Waals surface area contributed by atoms with Gasteiger partial charge in [0.05, 0.1) is 6.04 Å². The number of benzene rings is 1. The molecule has 1 atom stereocenters. The number of nitrogens with zero attached hydrogens (tertiary/aromatic N) is 2. The van der Waals surface area contributed by atoms with E-state index in [4.69, 9.17) is 0 Å². The minimum atomic E-state index is 0. The molecule has 136 valence electrons. The molecule has 1 N–H and O–H groups in total. The van der Waals surface area contributed by atoms with Gasteiger partial charge in [-0.2, -0.15) is 0 Å². The second-order valence-corrected chi connectivity index (χ2v) is 6.51. The highest BCUT2D eigenvalue weighted by molar-refractivity contribution is 5.85. The molecule has 2 aliphatic rings. The molecule has 2 heterocycles. The minimum absolute atomic E-state index is 0. The second kappa shape index (κ2) is 10.1. The van der Waals surface area contributed by atoms with E-state index in [1.165, 1.54) is 18.5 Å². The van der Waals surface area contributed by atoms with Gasteiger partial charge in [-0.25, -0.2) is 0 Å². The lowest BCUT2D eigenvalue weighted by molar-refractivity contribution is -0.135. The molecule has 1 amide bonds. The molecule has 4 nitrogen and oxygen atoms in total. The van der Waals surface area contributed by atoms with Crippen molar-refractivity contribution >= 4 is 36.4 Å². The van der Waals surface area contributed by atoms with Crippen LogP contribution in [-0.2, 0) is 4.79 Å². The van der Waals surface area contributed by atoms with Crippen molar-refractivity contribution in [3.05, 3.63) is 30.3 Å². The van der Waals surface area contributed by atoms with Gasteiger partial charge in [0.1, 0.15) is 0 Å². The number of carbonyl (C=O) groups is 1. The molecule has 2 fully saturated rings. The van der Waals surface area contributed by atoms with Gasteiger partial charge < -0.3 is 15.1 Å². The quantitative estimate of drug-likeness (QED) is 0.883. The number of nitrogens with one attached hydrogen (secondary N) is 1. The number of halogens is 2. The van der Waals surface area contributed by atoms with Crippen LogP contribution in [-0.4, -0.2) is 49.6 Å². The van der Waals surface area contributed by atoms with Crippen molar-refractivity contribution in [3.63, 3.8) is 0 Å². The monoisotopic (exact) mass is 373 g/mol. The first kappa shape index (κ1) is 21.1. The Hall–Kier alpha value is -0.970. The van der Waals surface area contributed by atoms with E-state index in [-0.39, 0.29) is 30.9 Å². The third-order valence-corrected chi connectivity index (χ3v) is 5.10. The van der Waals surface area contributed by atoms with Crippen LogP contribution in [0.4, 0.5) is 5.69 Å². The Kier molecular flexibility index (Phi) is 8.88.